The number of guanidine groups is 2. The van der Waals surface area contributed by atoms with Crippen molar-refractivity contribution in [3.63, 3.8) is 0 Å². The number of H-pyrrole nitrogens is 1. The molecule has 0 bridgehead atoms. The van der Waals surface area contributed by atoms with E-state index < -0.39 is 284 Å². The van der Waals surface area contributed by atoms with Gasteiger partial charge in [-0.05, 0) is 81.4 Å². The first-order chi connectivity index (χ1) is 59.6. The number of phenols is 1. The van der Waals surface area contributed by atoms with E-state index in [9.17, 15) is 117 Å². The number of carbonyl (C=O) groups is 19. The number of aliphatic hydroxyl groups is 1. The Labute approximate surface area is 743 Å². The highest BCUT2D eigenvalue weighted by molar-refractivity contribution is 7.80. The summed E-state index contributed by atoms with van der Waals surface area (Å²) in [6.45, 7) is 1.07. The van der Waals surface area contributed by atoms with Gasteiger partial charge in [-0.2, -0.15) is 50.5 Å². The minimum Gasteiger partial charge on any atom is -0.508 e. The molecule has 31 N–H and O–H groups in total. The summed E-state index contributed by atoms with van der Waals surface area (Å²) >= 11 is 16.4. The second-order valence-corrected chi connectivity index (χ2v) is 30.8. The third kappa shape index (κ3) is 35.2. The largest absolute Gasteiger partial charge is 0.508 e. The molecule has 3 heterocycles. The van der Waals surface area contributed by atoms with Gasteiger partial charge in [0, 0.05) is 80.3 Å². The van der Waals surface area contributed by atoms with E-state index in [0.717, 1.165) is 9.80 Å². The monoisotopic (exact) mass is 1850 g/mol. The van der Waals surface area contributed by atoms with Gasteiger partial charge in [0.2, 0.25) is 94.5 Å². The number of carboxylic acids is 3. The van der Waals surface area contributed by atoms with Gasteiger partial charge < -0.3 is 143 Å². The van der Waals surface area contributed by atoms with Gasteiger partial charge in [-0.1, -0.05) is 32.4 Å². The number of phenolic OH excluding ortho intramolecular Hbond substituents is 1. The number of carboxylic acid groups (broad SMARTS) is 3. The zero-order valence-electron chi connectivity index (χ0n) is 68.8. The van der Waals surface area contributed by atoms with Gasteiger partial charge in [-0.3, -0.25) is 102 Å². The van der Waals surface area contributed by atoms with E-state index in [1.165, 1.54) is 36.8 Å². The van der Waals surface area contributed by atoms with E-state index >= 15 is 0 Å². The van der Waals surface area contributed by atoms with Crippen LogP contribution in [0.2, 0.25) is 0 Å². The summed E-state index contributed by atoms with van der Waals surface area (Å²) in [4.78, 5) is 269. The molecule has 0 radical (unpaired) electrons. The molecule has 2 fully saturated rings. The molecule has 53 heteroatoms. The SMILES string of the molecule is CC[C@H](C)[C@H](NC(=O)[C@H](CCC(=O)O)NC(=O)[C@@H]1CCCN1C(=O)[C@H](Cc1cnc[nH]1)NC(=O)[C@H](CC(=O)O)NC(=O)[C@H](Cc1ccc(O)cc1)NC(=O)[C@H](CCCNC(=N)N)NC(=O)[C@H](CS)NC(=O)[C@H](CCCNC(=N)N)NC(=O)[C@@H]1CCCN1C(=O)[C@H](CC(=O)O)NC(=O)[C@H](CO)NC(=O)[C@H](CS)NC(=O)[C@H](CS)NC(=O)CN)C(=O)N[C@@H](CS)C(N)=O. The van der Waals surface area contributed by atoms with Gasteiger partial charge >= 0.3 is 17.9 Å². The molecule has 2 saturated heterocycles. The van der Waals surface area contributed by atoms with Gasteiger partial charge in [-0.25, -0.2) is 4.98 Å². The number of benzene rings is 1. The maximum absolute atomic E-state index is 15.0. The molecule has 698 valence electrons. The molecule has 0 saturated carbocycles. The Hall–Kier alpha value is -12.0. The molecule has 1 aromatic heterocycles. The van der Waals surface area contributed by atoms with Crippen LogP contribution in [0.25, 0.3) is 0 Å². The Morgan fingerprint density at radius 2 is 0.889 bits per heavy atom. The van der Waals surface area contributed by atoms with Gasteiger partial charge in [0.15, 0.2) is 11.9 Å². The Morgan fingerprint density at radius 3 is 1.34 bits per heavy atom. The molecule has 16 amide bonds. The number of thiol groups is 4. The molecular formula is C73H113N25O24S4. The van der Waals surface area contributed by atoms with Crippen LogP contribution >= 0.6 is 50.5 Å². The number of nitrogens with zero attached hydrogens (tertiary/aromatic N) is 3. The van der Waals surface area contributed by atoms with Gasteiger partial charge in [0.05, 0.1) is 32.3 Å². The Kier molecular flexibility index (Phi) is 45.6. The number of aromatic nitrogens is 2. The normalized spacial score (nSPS) is 16.8. The van der Waals surface area contributed by atoms with Crippen molar-refractivity contribution in [3.05, 3.63) is 48.0 Å². The Bertz CT molecular complexity index is 4180. The molecule has 1 aromatic carbocycles. The zero-order valence-corrected chi connectivity index (χ0v) is 72.4. The first kappa shape index (κ1) is 106. The van der Waals surface area contributed by atoms with Crippen LogP contribution in [0, 0.1) is 16.7 Å². The van der Waals surface area contributed by atoms with Crippen molar-refractivity contribution in [2.45, 2.75) is 201 Å². The number of primary amides is 1. The fourth-order valence-corrected chi connectivity index (χ4v) is 14.0. The predicted octanol–water partition coefficient (Wildman–Crippen LogP) is -10.3. The number of aliphatic hydroxyl groups excluding tert-OH is 1. The number of aliphatic carboxylic acids is 3. The van der Waals surface area contributed by atoms with Crippen LogP contribution in [0.5, 0.6) is 5.75 Å². The molecule has 0 unspecified atom stereocenters. The first-order valence-corrected chi connectivity index (χ1v) is 42.3. The Balaban J connectivity index is 1.64. The molecule has 0 spiro atoms. The molecular weight excluding hydrogens is 1740 g/mol. The van der Waals surface area contributed by atoms with Gasteiger partial charge in [0.25, 0.3) is 0 Å². The highest BCUT2D eigenvalue weighted by atomic mass is 32.1. The van der Waals surface area contributed by atoms with Crippen molar-refractivity contribution in [3.8, 4) is 5.75 Å². The number of aromatic hydroxyl groups is 1. The van der Waals surface area contributed by atoms with Crippen LogP contribution < -0.4 is 103 Å². The average Bonchev–Trinajstić information content (AvgIpc) is 1.63. The third-order valence-electron chi connectivity index (χ3n) is 19.9. The van der Waals surface area contributed by atoms with E-state index in [1.54, 1.807) is 13.8 Å². The quantitative estimate of drug-likeness (QED) is 0.0127. The van der Waals surface area contributed by atoms with Crippen molar-refractivity contribution < 1.29 is 117 Å². The van der Waals surface area contributed by atoms with Crippen LogP contribution in [0.15, 0.2) is 36.8 Å². The molecule has 2 aromatic rings. The number of hydrogen-bond acceptors (Lipinski definition) is 29. The lowest BCUT2D eigenvalue weighted by Gasteiger charge is -2.31. The predicted molar refractivity (Wildman–Crippen MR) is 459 cm³/mol. The van der Waals surface area contributed by atoms with E-state index in [0.29, 0.717) is 6.42 Å². The lowest BCUT2D eigenvalue weighted by molar-refractivity contribution is -0.146. The van der Waals surface area contributed by atoms with Crippen LogP contribution in [-0.2, 0) is 104 Å². The van der Waals surface area contributed by atoms with Gasteiger partial charge in [-0.15, -0.1) is 0 Å². The summed E-state index contributed by atoms with van der Waals surface area (Å²) < 4.78 is 0. The van der Waals surface area contributed by atoms with E-state index in [-0.39, 0.29) is 106 Å². The fraction of sp³-hybridized carbons (Fsp3) is 0.589. The summed E-state index contributed by atoms with van der Waals surface area (Å²) in [5.41, 5.74) is 22.2. The number of aromatic amines is 1. The van der Waals surface area contributed by atoms with Gasteiger partial charge in [0.1, 0.15) is 96.4 Å². The number of hydrogen-bond donors (Lipinski definition) is 31. The van der Waals surface area contributed by atoms with E-state index in [4.69, 9.17) is 33.8 Å². The summed E-state index contributed by atoms with van der Waals surface area (Å²) in [6.07, 6.45) is -2.36. The topological polar surface area (TPSA) is 793 Å². The molecule has 16 atom stereocenters. The Morgan fingerprint density at radius 1 is 0.492 bits per heavy atom. The minimum absolute atomic E-state index is 0.0345. The van der Waals surface area contributed by atoms with Crippen molar-refractivity contribution in [2.75, 3.05) is 62.3 Å². The van der Waals surface area contributed by atoms with E-state index in [1.807, 2.05) is 0 Å². The van der Waals surface area contributed by atoms with Crippen molar-refractivity contribution >= 4 is 175 Å². The second-order valence-electron chi connectivity index (χ2n) is 29.3. The lowest BCUT2D eigenvalue weighted by Crippen LogP contribution is -2.61. The first-order valence-electron chi connectivity index (χ1n) is 39.8. The summed E-state index contributed by atoms with van der Waals surface area (Å²) in [7, 11) is 0. The number of amides is 16. The number of likely N-dealkylation sites (tertiary alicyclic amines) is 2. The van der Waals surface area contributed by atoms with Crippen molar-refractivity contribution in [2.24, 2.45) is 28.9 Å². The number of imidazole rings is 1. The number of nitrogens with two attached hydrogens (primary N) is 4. The van der Waals surface area contributed by atoms with Crippen LogP contribution in [0.3, 0.4) is 0 Å². The number of rotatable bonds is 55. The summed E-state index contributed by atoms with van der Waals surface area (Å²) in [5, 5.41) is 102. The number of nitrogens with one attached hydrogen (secondary N) is 18. The maximum Gasteiger partial charge on any atom is 0.305 e. The average molecular weight is 1850 g/mol. The van der Waals surface area contributed by atoms with Crippen LogP contribution in [0.1, 0.15) is 109 Å². The standard InChI is InChI=1S/C73H113N25O24S4/c1-3-34(2)56(69(120)93-46(29-123)57(75)108)96-60(111)40(16-17-53(102)103)87-68(119)51-11-6-20-97(51)70(121)43(23-36-27-80-33-83-36)90-62(113)42(24-54(104)105)89-61(112)41(22-35-12-14-37(100)15-13-35)88-58(109)38(8-4-18-81-72(76)77)85-65(116)48(31-125)94-59(110)39(9-5-19-82-73(78)79)86-67(118)50-10-7-21-98(50)71(122)44(25-55(106)107)91-63(114)45(28-99)92-66(117)49(32-126)95-64(115)47(30-124)84-52(101)26-74/h12-15,27,33-34,38-51,56,99-100,123-126H,3-11,16-26,28-32,74H2,1-2H3,(H2,75,108)(H,80,83)(H,84,101)(H,85,116)(H,86,118)(H,87,119)(H,88,109)(H,89,112)(H,90,113)(H,91,114)(H,92,117)(H,93,120)(H,94,110)(H,95,115)(H,96,111)(H,102,103)(H,104,105)(H,106,107)(H4,76,77,81)(H4,78,79,82)/t34-,38-,39-,40-,41-,42-,43-,44-,45-,46-,47-,48-,49-,50-,51-,56-/m0/s1. The molecule has 2 aliphatic heterocycles. The molecule has 0 aliphatic carbocycles. The second kappa shape index (κ2) is 54.0. The molecule has 2 aliphatic rings. The smallest absolute Gasteiger partial charge is 0.305 e. The molecule has 4 rings (SSSR count). The van der Waals surface area contributed by atoms with Crippen molar-refractivity contribution in [1.82, 2.24) is 99.5 Å². The minimum atomic E-state index is -2.11. The molecule has 49 nitrogen and oxygen atoms in total. The highest BCUT2D eigenvalue weighted by Gasteiger charge is 2.45. The van der Waals surface area contributed by atoms with Crippen LogP contribution in [0.4, 0.5) is 0 Å². The zero-order chi connectivity index (χ0) is 94.2. The highest BCUT2D eigenvalue weighted by Crippen LogP contribution is 2.24. The lowest BCUT2D eigenvalue weighted by atomic mass is 9.97. The summed E-state index contributed by atoms with van der Waals surface area (Å²) in [6, 6.07) is -19.5. The molecule has 126 heavy (non-hydrogen) atoms. The van der Waals surface area contributed by atoms with E-state index in [2.05, 4.69) is 140 Å². The fourth-order valence-electron chi connectivity index (χ4n) is 13.0. The van der Waals surface area contributed by atoms with Crippen LogP contribution in [-0.4, -0.2) is 323 Å². The third-order valence-corrected chi connectivity index (χ3v) is 21.4. The summed E-state index contributed by atoms with van der Waals surface area (Å²) in [5.74, 6) is -24.9. The maximum atomic E-state index is 15.0. The number of carbonyl (C=O) groups excluding carboxylic acids is 16. The van der Waals surface area contributed by atoms with Crippen molar-refractivity contribution in [1.29, 1.82) is 10.8 Å².